The van der Waals surface area contributed by atoms with Gasteiger partial charge in [0, 0.05) is 5.38 Å². The van der Waals surface area contributed by atoms with Gasteiger partial charge in [0.05, 0.1) is 13.0 Å². The van der Waals surface area contributed by atoms with Gasteiger partial charge in [0.1, 0.15) is 5.75 Å². The molecule has 3 atom stereocenters. The van der Waals surface area contributed by atoms with E-state index in [0.29, 0.717) is 12.8 Å². The number of hydrogen-bond donors (Lipinski definition) is 0. The van der Waals surface area contributed by atoms with Gasteiger partial charge in [-0.25, -0.2) is 0 Å². The summed E-state index contributed by atoms with van der Waals surface area (Å²) in [4.78, 5) is 0. The maximum Gasteiger partial charge on any atom is 0.391 e. The highest BCUT2D eigenvalue weighted by molar-refractivity contribution is 6.20. The van der Waals surface area contributed by atoms with E-state index in [2.05, 4.69) is 0 Å². The van der Waals surface area contributed by atoms with Crippen molar-refractivity contribution in [1.82, 2.24) is 0 Å². The normalized spacial score (nSPS) is 24.6. The maximum absolute atomic E-state index is 12.8. The van der Waals surface area contributed by atoms with Crippen molar-refractivity contribution in [3.05, 3.63) is 29.8 Å². The van der Waals surface area contributed by atoms with Gasteiger partial charge in [0.15, 0.2) is 0 Å². The fourth-order valence-corrected chi connectivity index (χ4v) is 3.45. The van der Waals surface area contributed by atoms with Gasteiger partial charge in [-0.3, -0.25) is 0 Å². The van der Waals surface area contributed by atoms with Crippen LogP contribution in [0.3, 0.4) is 0 Å². The summed E-state index contributed by atoms with van der Waals surface area (Å²) in [6, 6.07) is 7.53. The second-order valence-corrected chi connectivity index (χ2v) is 6.30. The van der Waals surface area contributed by atoms with Crippen molar-refractivity contribution < 1.29 is 17.9 Å². The van der Waals surface area contributed by atoms with Gasteiger partial charge in [0.2, 0.25) is 0 Å². The monoisotopic (exact) mass is 320 g/mol. The summed E-state index contributed by atoms with van der Waals surface area (Å²) >= 11 is 6.40. The van der Waals surface area contributed by atoms with Crippen LogP contribution in [0, 0.1) is 11.8 Å². The Labute approximate surface area is 128 Å². The molecule has 118 valence electrons. The van der Waals surface area contributed by atoms with E-state index >= 15 is 0 Å². The van der Waals surface area contributed by atoms with E-state index in [9.17, 15) is 13.2 Å². The molecule has 1 aliphatic carbocycles. The largest absolute Gasteiger partial charge is 0.497 e. The molecule has 1 nitrogen and oxygen atoms in total. The average Bonchev–Trinajstić information content (AvgIpc) is 2.46. The third kappa shape index (κ3) is 4.53. The van der Waals surface area contributed by atoms with Crippen molar-refractivity contribution in [2.45, 2.75) is 43.7 Å². The second-order valence-electron chi connectivity index (χ2n) is 5.74. The number of rotatable bonds is 4. The number of alkyl halides is 4. The van der Waals surface area contributed by atoms with Crippen LogP contribution in [0.2, 0.25) is 0 Å². The van der Waals surface area contributed by atoms with Gasteiger partial charge >= 0.3 is 6.18 Å². The molecule has 1 aromatic rings. The predicted molar refractivity (Wildman–Crippen MR) is 77.8 cm³/mol. The van der Waals surface area contributed by atoms with Crippen LogP contribution in [0.4, 0.5) is 13.2 Å². The molecule has 5 heteroatoms. The molecule has 0 heterocycles. The summed E-state index contributed by atoms with van der Waals surface area (Å²) in [6.07, 6.45) is -1.73. The zero-order valence-corrected chi connectivity index (χ0v) is 12.8. The minimum atomic E-state index is -4.09. The third-order valence-corrected chi connectivity index (χ3v) is 4.76. The number of hydrogen-bond acceptors (Lipinski definition) is 1. The zero-order chi connectivity index (χ0) is 15.5. The highest BCUT2D eigenvalue weighted by Gasteiger charge is 2.43. The van der Waals surface area contributed by atoms with Gasteiger partial charge in [0.25, 0.3) is 0 Å². The lowest BCUT2D eigenvalue weighted by atomic mass is 9.78. The standard InChI is InChI=1S/C16H20ClF3O/c1-21-14-7-2-4-11(8-14)9-15(17)12-5-3-6-13(10-12)16(18,19)20/h2,4,7-8,12-13,15H,3,5-6,9-10H2,1H3. The number of methoxy groups -OCH3 is 1. The minimum Gasteiger partial charge on any atom is -0.497 e. The minimum absolute atomic E-state index is 0.0711. The smallest absolute Gasteiger partial charge is 0.391 e. The summed E-state index contributed by atoms with van der Waals surface area (Å²) in [5, 5.41) is -0.262. The summed E-state index contributed by atoms with van der Waals surface area (Å²) in [7, 11) is 1.59. The van der Waals surface area contributed by atoms with E-state index in [1.807, 2.05) is 24.3 Å². The van der Waals surface area contributed by atoms with E-state index < -0.39 is 12.1 Å². The fraction of sp³-hybridized carbons (Fsp3) is 0.625. The molecule has 2 rings (SSSR count). The molecule has 3 unspecified atom stereocenters. The predicted octanol–water partition coefficient (Wildman–Crippen LogP) is 5.21. The van der Waals surface area contributed by atoms with Crippen molar-refractivity contribution >= 4 is 11.6 Å². The molecule has 0 bridgehead atoms. The highest BCUT2D eigenvalue weighted by atomic mass is 35.5. The first-order valence-corrected chi connectivity index (χ1v) is 7.67. The maximum atomic E-state index is 12.8. The highest BCUT2D eigenvalue weighted by Crippen LogP contribution is 2.42. The third-order valence-electron chi connectivity index (χ3n) is 4.25. The molecule has 1 aromatic carbocycles. The Morgan fingerprint density at radius 1 is 1.33 bits per heavy atom. The van der Waals surface area contributed by atoms with Crippen LogP contribution in [-0.2, 0) is 6.42 Å². The van der Waals surface area contributed by atoms with Crippen LogP contribution in [0.15, 0.2) is 24.3 Å². The molecule has 1 saturated carbocycles. The summed E-state index contributed by atoms with van der Waals surface area (Å²) in [5.41, 5.74) is 1.00. The second kappa shape index (κ2) is 6.91. The quantitative estimate of drug-likeness (QED) is 0.692. The molecule has 21 heavy (non-hydrogen) atoms. The van der Waals surface area contributed by atoms with Gasteiger partial charge < -0.3 is 4.74 Å². The molecule has 0 amide bonds. The van der Waals surface area contributed by atoms with E-state index in [0.717, 1.165) is 17.7 Å². The van der Waals surface area contributed by atoms with Crippen molar-refractivity contribution in [2.75, 3.05) is 7.11 Å². The summed E-state index contributed by atoms with van der Waals surface area (Å²) < 4.78 is 43.7. The molecule has 0 aromatic heterocycles. The topological polar surface area (TPSA) is 9.23 Å². The summed E-state index contributed by atoms with van der Waals surface area (Å²) in [5.74, 6) is -0.519. The molecule has 0 saturated heterocycles. The molecule has 1 aliphatic rings. The van der Waals surface area contributed by atoms with Crippen LogP contribution in [0.25, 0.3) is 0 Å². The first-order valence-electron chi connectivity index (χ1n) is 7.24. The molecule has 0 radical (unpaired) electrons. The van der Waals surface area contributed by atoms with Crippen molar-refractivity contribution in [3.8, 4) is 5.75 Å². The first kappa shape index (κ1) is 16.5. The molecule has 0 N–H and O–H groups in total. The Morgan fingerprint density at radius 2 is 2.10 bits per heavy atom. The van der Waals surface area contributed by atoms with Crippen LogP contribution >= 0.6 is 11.6 Å². The molecule has 1 fully saturated rings. The Bertz CT molecular complexity index is 461. The number of benzene rings is 1. The van der Waals surface area contributed by atoms with Crippen molar-refractivity contribution in [3.63, 3.8) is 0 Å². The fourth-order valence-electron chi connectivity index (χ4n) is 3.04. The van der Waals surface area contributed by atoms with E-state index in [1.54, 1.807) is 7.11 Å². The average molecular weight is 321 g/mol. The lowest BCUT2D eigenvalue weighted by molar-refractivity contribution is -0.185. The van der Waals surface area contributed by atoms with E-state index in [1.165, 1.54) is 0 Å². The molecular weight excluding hydrogens is 301 g/mol. The van der Waals surface area contributed by atoms with Gasteiger partial charge in [-0.15, -0.1) is 11.6 Å². The van der Waals surface area contributed by atoms with E-state index in [-0.39, 0.29) is 24.1 Å². The van der Waals surface area contributed by atoms with Crippen LogP contribution in [-0.4, -0.2) is 18.7 Å². The Hall–Kier alpha value is -0.900. The Morgan fingerprint density at radius 3 is 2.76 bits per heavy atom. The Balaban J connectivity index is 1.97. The van der Waals surface area contributed by atoms with Crippen molar-refractivity contribution in [2.24, 2.45) is 11.8 Å². The lowest BCUT2D eigenvalue weighted by Crippen LogP contribution is -2.32. The molecule has 0 spiro atoms. The van der Waals surface area contributed by atoms with Gasteiger partial charge in [-0.1, -0.05) is 18.6 Å². The van der Waals surface area contributed by atoms with E-state index in [4.69, 9.17) is 16.3 Å². The van der Waals surface area contributed by atoms with Crippen molar-refractivity contribution in [1.29, 1.82) is 0 Å². The van der Waals surface area contributed by atoms with Crippen LogP contribution < -0.4 is 4.74 Å². The SMILES string of the molecule is COc1cccc(CC(Cl)C2CCCC(C(F)(F)F)C2)c1. The van der Waals surface area contributed by atoms with Crippen LogP contribution in [0.1, 0.15) is 31.2 Å². The molecular formula is C16H20ClF3O. The number of halogens is 4. The van der Waals surface area contributed by atoms with Gasteiger partial charge in [-0.2, -0.15) is 13.2 Å². The summed E-state index contributed by atoms with van der Waals surface area (Å²) in [6.45, 7) is 0. The number of ether oxygens (including phenoxy) is 1. The van der Waals surface area contributed by atoms with Crippen LogP contribution in [0.5, 0.6) is 5.75 Å². The van der Waals surface area contributed by atoms with Gasteiger partial charge in [-0.05, 0) is 49.3 Å². The first-order chi connectivity index (χ1) is 9.90. The Kier molecular flexibility index (Phi) is 5.42. The molecule has 0 aliphatic heterocycles. The zero-order valence-electron chi connectivity index (χ0n) is 12.0. The lowest BCUT2D eigenvalue weighted by Gasteiger charge is -2.33.